The van der Waals surface area contributed by atoms with Crippen molar-refractivity contribution >= 4 is 17.1 Å². The van der Waals surface area contributed by atoms with Crippen LogP contribution < -0.4 is 4.90 Å². The molecule has 0 heterocycles. The molecule has 0 aliphatic carbocycles. The Bertz CT molecular complexity index is 1060. The Morgan fingerprint density at radius 3 is 1.66 bits per heavy atom. The molecule has 1 nitrogen and oxygen atoms in total. The largest absolute Gasteiger partial charge is 0.310 e. The lowest BCUT2D eigenvalue weighted by atomic mass is 9.87. The highest BCUT2D eigenvalue weighted by Gasteiger charge is 2.18. The first kappa shape index (κ1) is 19.0. The second-order valence-electron chi connectivity index (χ2n) is 8.35. The molecule has 0 fully saturated rings. The van der Waals surface area contributed by atoms with Gasteiger partial charge in [0.1, 0.15) is 0 Å². The Hall–Kier alpha value is -3.32. The number of hydrogen-bond acceptors (Lipinski definition) is 1. The number of benzene rings is 4. The fraction of sp³-hybridized carbons (Fsp3) is 0.143. The van der Waals surface area contributed by atoms with E-state index < -0.39 is 0 Å². The molecule has 0 aliphatic heterocycles. The molecular weight excluding hydrogens is 350 g/mol. The van der Waals surface area contributed by atoms with Gasteiger partial charge in [0.2, 0.25) is 0 Å². The first-order chi connectivity index (χ1) is 14.0. The van der Waals surface area contributed by atoms with Gasteiger partial charge in [-0.2, -0.15) is 0 Å². The quantitative estimate of drug-likeness (QED) is 0.347. The Labute approximate surface area is 174 Å². The van der Waals surface area contributed by atoms with Crippen LogP contribution in [0.5, 0.6) is 0 Å². The summed E-state index contributed by atoms with van der Waals surface area (Å²) in [6.45, 7) is 6.75. The van der Waals surface area contributed by atoms with Crippen LogP contribution in [0.25, 0.3) is 11.1 Å². The second kappa shape index (κ2) is 7.97. The highest BCUT2D eigenvalue weighted by molar-refractivity contribution is 5.87. The number of para-hydroxylation sites is 2. The minimum absolute atomic E-state index is 0.137. The normalized spacial score (nSPS) is 11.3. The van der Waals surface area contributed by atoms with Crippen molar-refractivity contribution in [1.82, 2.24) is 0 Å². The van der Waals surface area contributed by atoms with Crippen LogP contribution >= 0.6 is 0 Å². The van der Waals surface area contributed by atoms with Gasteiger partial charge >= 0.3 is 0 Å². The van der Waals surface area contributed by atoms with Crippen LogP contribution in [0.2, 0.25) is 0 Å². The van der Waals surface area contributed by atoms with E-state index in [1.807, 2.05) is 0 Å². The lowest BCUT2D eigenvalue weighted by Crippen LogP contribution is -2.13. The maximum atomic E-state index is 2.34. The molecule has 0 saturated carbocycles. The van der Waals surface area contributed by atoms with Crippen molar-refractivity contribution in [3.05, 3.63) is 115 Å². The minimum atomic E-state index is 0.137. The number of hydrogen-bond donors (Lipinski definition) is 0. The summed E-state index contributed by atoms with van der Waals surface area (Å²) in [6, 6.07) is 38.8. The monoisotopic (exact) mass is 377 g/mol. The summed E-state index contributed by atoms with van der Waals surface area (Å²) >= 11 is 0. The standard InChI is InChI=1S/C28H27N/c1-28(2,3)23-18-20-25(21-19-23)29(24-14-8-5-9-15-24)27-17-11-10-16-26(27)22-12-6-4-7-13-22/h4-21H,1-3H3. The summed E-state index contributed by atoms with van der Waals surface area (Å²) in [5.41, 5.74) is 7.40. The predicted octanol–water partition coefficient (Wildman–Crippen LogP) is 8.12. The van der Waals surface area contributed by atoms with Crippen LogP contribution in [0.15, 0.2) is 109 Å². The molecule has 0 bridgehead atoms. The van der Waals surface area contributed by atoms with E-state index in [0.717, 1.165) is 11.4 Å². The molecule has 0 atom stereocenters. The van der Waals surface area contributed by atoms with E-state index in [-0.39, 0.29) is 5.41 Å². The molecule has 29 heavy (non-hydrogen) atoms. The van der Waals surface area contributed by atoms with Crippen molar-refractivity contribution < 1.29 is 0 Å². The Morgan fingerprint density at radius 2 is 1.03 bits per heavy atom. The van der Waals surface area contributed by atoms with Crippen LogP contribution in [-0.4, -0.2) is 0 Å². The molecule has 4 aromatic rings. The van der Waals surface area contributed by atoms with E-state index in [9.17, 15) is 0 Å². The fourth-order valence-corrected chi connectivity index (χ4v) is 3.65. The average molecular weight is 378 g/mol. The topological polar surface area (TPSA) is 3.24 Å². The van der Waals surface area contributed by atoms with Gasteiger partial charge in [0, 0.05) is 16.9 Å². The van der Waals surface area contributed by atoms with Crippen LogP contribution in [0.3, 0.4) is 0 Å². The smallest absolute Gasteiger partial charge is 0.0540 e. The third-order valence-corrected chi connectivity index (χ3v) is 5.24. The number of anilines is 3. The van der Waals surface area contributed by atoms with E-state index in [4.69, 9.17) is 0 Å². The summed E-state index contributed by atoms with van der Waals surface area (Å²) in [7, 11) is 0. The van der Waals surface area contributed by atoms with Gasteiger partial charge < -0.3 is 4.90 Å². The van der Waals surface area contributed by atoms with Crippen LogP contribution in [-0.2, 0) is 5.41 Å². The molecule has 0 aliphatic rings. The maximum Gasteiger partial charge on any atom is 0.0540 e. The third kappa shape index (κ3) is 4.09. The van der Waals surface area contributed by atoms with Gasteiger partial charge in [-0.3, -0.25) is 0 Å². The molecule has 0 unspecified atom stereocenters. The van der Waals surface area contributed by atoms with Crippen LogP contribution in [0, 0.1) is 0 Å². The Kier molecular flexibility index (Phi) is 5.22. The van der Waals surface area contributed by atoms with Crippen molar-refractivity contribution in [3.8, 4) is 11.1 Å². The fourth-order valence-electron chi connectivity index (χ4n) is 3.65. The summed E-state index contributed by atoms with van der Waals surface area (Å²) in [5.74, 6) is 0. The molecule has 0 N–H and O–H groups in total. The molecule has 0 amide bonds. The summed E-state index contributed by atoms with van der Waals surface area (Å²) < 4.78 is 0. The SMILES string of the molecule is CC(C)(C)c1ccc(N(c2ccccc2)c2ccccc2-c2ccccc2)cc1. The molecule has 0 aromatic heterocycles. The zero-order valence-corrected chi connectivity index (χ0v) is 17.3. The third-order valence-electron chi connectivity index (χ3n) is 5.24. The Balaban J connectivity index is 1.88. The van der Waals surface area contributed by atoms with Crippen molar-refractivity contribution in [2.24, 2.45) is 0 Å². The highest BCUT2D eigenvalue weighted by Crippen LogP contribution is 2.40. The molecule has 0 saturated heterocycles. The predicted molar refractivity (Wildman–Crippen MR) is 125 cm³/mol. The zero-order chi connectivity index (χ0) is 20.3. The van der Waals surface area contributed by atoms with Gasteiger partial charge in [-0.15, -0.1) is 0 Å². The van der Waals surface area contributed by atoms with Crippen molar-refractivity contribution in [1.29, 1.82) is 0 Å². The maximum absolute atomic E-state index is 2.34. The Morgan fingerprint density at radius 1 is 0.517 bits per heavy atom. The number of nitrogens with zero attached hydrogens (tertiary/aromatic N) is 1. The molecule has 4 aromatic carbocycles. The zero-order valence-electron chi connectivity index (χ0n) is 17.3. The van der Waals surface area contributed by atoms with Gasteiger partial charge in [0.05, 0.1) is 5.69 Å². The lowest BCUT2D eigenvalue weighted by molar-refractivity contribution is 0.590. The first-order valence-electron chi connectivity index (χ1n) is 10.1. The molecule has 4 rings (SSSR count). The molecular formula is C28H27N. The molecule has 0 radical (unpaired) electrons. The van der Waals surface area contributed by atoms with E-state index in [1.54, 1.807) is 0 Å². The van der Waals surface area contributed by atoms with E-state index >= 15 is 0 Å². The van der Waals surface area contributed by atoms with Gasteiger partial charge in [-0.05, 0) is 46.9 Å². The van der Waals surface area contributed by atoms with E-state index in [1.165, 1.54) is 22.4 Å². The van der Waals surface area contributed by atoms with E-state index in [2.05, 4.69) is 135 Å². The van der Waals surface area contributed by atoms with Gasteiger partial charge in [0.25, 0.3) is 0 Å². The van der Waals surface area contributed by atoms with Crippen molar-refractivity contribution in [3.63, 3.8) is 0 Å². The first-order valence-corrected chi connectivity index (χ1v) is 10.1. The van der Waals surface area contributed by atoms with Crippen LogP contribution in [0.4, 0.5) is 17.1 Å². The summed E-state index contributed by atoms with van der Waals surface area (Å²) in [6.07, 6.45) is 0. The van der Waals surface area contributed by atoms with Gasteiger partial charge in [0.15, 0.2) is 0 Å². The molecule has 0 spiro atoms. The minimum Gasteiger partial charge on any atom is -0.310 e. The van der Waals surface area contributed by atoms with Crippen molar-refractivity contribution in [2.75, 3.05) is 4.90 Å². The molecule has 144 valence electrons. The molecule has 1 heteroatoms. The lowest BCUT2D eigenvalue weighted by Gasteiger charge is -2.28. The van der Waals surface area contributed by atoms with Gasteiger partial charge in [-0.25, -0.2) is 0 Å². The van der Waals surface area contributed by atoms with Crippen LogP contribution in [0.1, 0.15) is 26.3 Å². The number of rotatable bonds is 4. The van der Waals surface area contributed by atoms with Gasteiger partial charge in [-0.1, -0.05) is 99.6 Å². The highest BCUT2D eigenvalue weighted by atomic mass is 15.1. The summed E-state index contributed by atoms with van der Waals surface area (Å²) in [4.78, 5) is 2.34. The summed E-state index contributed by atoms with van der Waals surface area (Å²) in [5, 5.41) is 0. The van der Waals surface area contributed by atoms with Crippen molar-refractivity contribution in [2.45, 2.75) is 26.2 Å². The average Bonchev–Trinajstić information content (AvgIpc) is 2.75. The van der Waals surface area contributed by atoms with E-state index in [0.29, 0.717) is 0 Å². The second-order valence-corrected chi connectivity index (χ2v) is 8.35.